The predicted octanol–water partition coefficient (Wildman–Crippen LogP) is 5.16. The van der Waals surface area contributed by atoms with Crippen LogP contribution in [0.3, 0.4) is 0 Å². The van der Waals surface area contributed by atoms with E-state index in [4.69, 9.17) is 17.3 Å². The van der Waals surface area contributed by atoms with Gasteiger partial charge in [-0.25, -0.2) is 9.18 Å². The Kier molecular flexibility index (Phi) is 5.50. The molecule has 1 fully saturated rings. The van der Waals surface area contributed by atoms with Crippen molar-refractivity contribution >= 4 is 39.2 Å². The third-order valence-electron chi connectivity index (χ3n) is 6.81. The Morgan fingerprint density at radius 1 is 1.03 bits per heavy atom. The third kappa shape index (κ3) is 4.02. The molecule has 5 aromatic rings. The molecule has 1 saturated heterocycles. The fraction of sp³-hybridized carbons (Fsp3) is 0.222. The van der Waals surface area contributed by atoms with Gasteiger partial charge >= 0.3 is 5.69 Å². The van der Waals surface area contributed by atoms with Gasteiger partial charge in [0.2, 0.25) is 0 Å². The molecule has 36 heavy (non-hydrogen) atoms. The van der Waals surface area contributed by atoms with Gasteiger partial charge in [-0.15, -0.1) is 10.2 Å². The van der Waals surface area contributed by atoms with Crippen molar-refractivity contribution in [1.29, 1.82) is 0 Å². The van der Waals surface area contributed by atoms with Crippen LogP contribution in [0.25, 0.3) is 44.3 Å². The third-order valence-corrected chi connectivity index (χ3v) is 7.02. The molecule has 6 rings (SSSR count). The average molecular weight is 503 g/mol. The number of nitrogens with two attached hydrogens (primary N) is 1. The van der Waals surface area contributed by atoms with Crippen LogP contribution in [0.4, 0.5) is 10.1 Å². The van der Waals surface area contributed by atoms with Crippen LogP contribution in [-0.4, -0.2) is 39.3 Å². The molecule has 9 heteroatoms. The maximum atomic E-state index is 14.5. The van der Waals surface area contributed by atoms with Gasteiger partial charge in [-0.1, -0.05) is 17.7 Å². The number of H-pyrrole nitrogens is 2. The number of nitrogens with one attached hydrogen (secondary N) is 2. The molecule has 0 aliphatic carbocycles. The highest BCUT2D eigenvalue weighted by Gasteiger charge is 2.24. The summed E-state index contributed by atoms with van der Waals surface area (Å²) in [6.45, 7) is 3.57. The lowest BCUT2D eigenvalue weighted by Gasteiger charge is -2.33. The second kappa shape index (κ2) is 8.72. The number of anilines is 1. The van der Waals surface area contributed by atoms with Crippen LogP contribution in [0.15, 0.2) is 53.3 Å². The van der Waals surface area contributed by atoms with Crippen molar-refractivity contribution in [2.75, 3.05) is 18.0 Å². The minimum Gasteiger partial charge on any atom is -0.369 e. The number of imidazole rings is 1. The van der Waals surface area contributed by atoms with Crippen LogP contribution in [0.5, 0.6) is 0 Å². The zero-order valence-electron chi connectivity index (χ0n) is 19.6. The van der Waals surface area contributed by atoms with Gasteiger partial charge in [-0.05, 0) is 73.4 Å². The molecule has 0 unspecified atom stereocenters. The molecule has 0 saturated carbocycles. The molecule has 0 spiro atoms. The molecule has 2 aromatic heterocycles. The van der Waals surface area contributed by atoms with Gasteiger partial charge in [0.25, 0.3) is 0 Å². The van der Waals surface area contributed by atoms with E-state index in [1.54, 1.807) is 0 Å². The van der Waals surface area contributed by atoms with Crippen LogP contribution in [0.1, 0.15) is 18.4 Å². The Morgan fingerprint density at radius 2 is 1.83 bits per heavy atom. The first kappa shape index (κ1) is 22.7. The van der Waals surface area contributed by atoms with Gasteiger partial charge < -0.3 is 20.6 Å². The number of aromatic nitrogens is 4. The topological polar surface area (TPSA) is 104 Å². The van der Waals surface area contributed by atoms with Crippen LogP contribution < -0.4 is 16.3 Å². The van der Waals surface area contributed by atoms with Gasteiger partial charge in [0, 0.05) is 40.7 Å². The second-order valence-corrected chi connectivity index (χ2v) is 9.86. The molecule has 0 radical (unpaired) electrons. The van der Waals surface area contributed by atoms with E-state index in [0.717, 1.165) is 64.9 Å². The van der Waals surface area contributed by atoms with E-state index in [-0.39, 0.29) is 11.7 Å². The van der Waals surface area contributed by atoms with Crippen molar-refractivity contribution in [3.63, 3.8) is 0 Å². The zero-order chi connectivity index (χ0) is 25.0. The summed E-state index contributed by atoms with van der Waals surface area (Å²) in [5.41, 5.74) is 12.5. The van der Waals surface area contributed by atoms with Gasteiger partial charge in [0.1, 0.15) is 11.5 Å². The normalized spacial score (nSPS) is 14.7. The molecular formula is C27H24ClFN6O. The lowest BCUT2D eigenvalue weighted by Crippen LogP contribution is -2.40. The molecule has 0 amide bonds. The Balaban J connectivity index is 1.62. The van der Waals surface area contributed by atoms with Crippen LogP contribution >= 0.6 is 11.6 Å². The molecule has 1 aliphatic rings. The number of piperidine rings is 1. The molecule has 4 N–H and O–H groups in total. The van der Waals surface area contributed by atoms with E-state index in [9.17, 15) is 9.18 Å². The SMILES string of the molecule is Cc1cc(Cl)cc(-c2nnc3ccc(-c4cc(F)cc5[nH]c(=O)[nH]c45)cc3c2N2CCC(N)CC2)c1. The van der Waals surface area contributed by atoms with Crippen molar-refractivity contribution in [3.05, 3.63) is 75.4 Å². The lowest BCUT2D eigenvalue weighted by molar-refractivity contribution is 0.502. The van der Waals surface area contributed by atoms with E-state index in [0.29, 0.717) is 21.6 Å². The fourth-order valence-electron chi connectivity index (χ4n) is 5.10. The number of benzene rings is 3. The van der Waals surface area contributed by atoms with E-state index in [1.807, 2.05) is 43.3 Å². The summed E-state index contributed by atoms with van der Waals surface area (Å²) in [6.07, 6.45) is 1.74. The average Bonchev–Trinajstić information content (AvgIpc) is 3.22. The van der Waals surface area contributed by atoms with Crippen LogP contribution in [-0.2, 0) is 0 Å². The molecule has 3 aromatic carbocycles. The number of hydrogen-bond donors (Lipinski definition) is 3. The molecule has 0 atom stereocenters. The van der Waals surface area contributed by atoms with Crippen molar-refractivity contribution in [3.8, 4) is 22.4 Å². The number of aromatic amines is 2. The molecule has 0 bridgehead atoms. The lowest BCUT2D eigenvalue weighted by atomic mass is 9.97. The summed E-state index contributed by atoms with van der Waals surface area (Å²) < 4.78 is 14.5. The highest BCUT2D eigenvalue weighted by atomic mass is 35.5. The number of nitrogens with zero attached hydrogens (tertiary/aromatic N) is 3. The number of rotatable bonds is 3. The summed E-state index contributed by atoms with van der Waals surface area (Å²) in [4.78, 5) is 19.7. The van der Waals surface area contributed by atoms with Crippen molar-refractivity contribution in [2.24, 2.45) is 5.73 Å². The van der Waals surface area contributed by atoms with Crippen LogP contribution in [0.2, 0.25) is 5.02 Å². The number of aryl methyl sites for hydroxylation is 1. The highest BCUT2D eigenvalue weighted by Crippen LogP contribution is 2.39. The first-order valence-electron chi connectivity index (χ1n) is 11.9. The Morgan fingerprint density at radius 3 is 2.61 bits per heavy atom. The summed E-state index contributed by atoms with van der Waals surface area (Å²) in [7, 11) is 0. The second-order valence-electron chi connectivity index (χ2n) is 9.43. The Labute approximate surface area is 211 Å². The van der Waals surface area contributed by atoms with Crippen molar-refractivity contribution in [2.45, 2.75) is 25.8 Å². The predicted molar refractivity (Wildman–Crippen MR) is 142 cm³/mol. The Bertz CT molecular complexity index is 1670. The Hall–Kier alpha value is -3.75. The zero-order valence-corrected chi connectivity index (χ0v) is 20.4. The number of fused-ring (bicyclic) bond motifs is 2. The molecule has 182 valence electrons. The van der Waals surface area contributed by atoms with Crippen molar-refractivity contribution in [1.82, 2.24) is 20.2 Å². The van der Waals surface area contributed by atoms with E-state index >= 15 is 0 Å². The smallest absolute Gasteiger partial charge is 0.323 e. The standard InChI is InChI=1S/C27H24ClFN6O/c1-14-8-16(10-17(28)9-14)24-26(35-6-4-19(30)5-7-35)21-11-15(2-3-22(21)33-34-24)20-12-18(29)13-23-25(20)32-27(36)31-23/h2-3,8-13,19H,4-7,30H2,1H3,(H2,31,32,36). The first-order chi connectivity index (χ1) is 17.4. The van der Waals surface area contributed by atoms with E-state index in [2.05, 4.69) is 25.1 Å². The first-order valence-corrected chi connectivity index (χ1v) is 12.2. The summed E-state index contributed by atoms with van der Waals surface area (Å²) in [5.74, 6) is -0.430. The summed E-state index contributed by atoms with van der Waals surface area (Å²) >= 11 is 6.41. The molecular weight excluding hydrogens is 479 g/mol. The van der Waals surface area contributed by atoms with Crippen LogP contribution in [0, 0.1) is 12.7 Å². The number of hydrogen-bond acceptors (Lipinski definition) is 5. The highest BCUT2D eigenvalue weighted by molar-refractivity contribution is 6.31. The number of halogens is 2. The van der Waals surface area contributed by atoms with E-state index in [1.165, 1.54) is 12.1 Å². The maximum Gasteiger partial charge on any atom is 0.323 e. The van der Waals surface area contributed by atoms with E-state index < -0.39 is 5.82 Å². The minimum atomic E-state index is -0.430. The monoisotopic (exact) mass is 502 g/mol. The van der Waals surface area contributed by atoms with Gasteiger partial charge in [-0.2, -0.15) is 0 Å². The molecule has 3 heterocycles. The molecule has 1 aliphatic heterocycles. The largest absolute Gasteiger partial charge is 0.369 e. The summed E-state index contributed by atoms with van der Waals surface area (Å²) in [6, 6.07) is 14.5. The maximum absolute atomic E-state index is 14.5. The minimum absolute atomic E-state index is 0.167. The van der Waals surface area contributed by atoms with Gasteiger partial charge in [0.15, 0.2) is 0 Å². The summed E-state index contributed by atoms with van der Waals surface area (Å²) in [5, 5.41) is 10.7. The molecule has 7 nitrogen and oxygen atoms in total. The van der Waals surface area contributed by atoms with Gasteiger partial charge in [-0.3, -0.25) is 0 Å². The van der Waals surface area contributed by atoms with Gasteiger partial charge in [0.05, 0.1) is 22.2 Å². The fourth-order valence-corrected chi connectivity index (χ4v) is 5.39. The van der Waals surface area contributed by atoms with Crippen molar-refractivity contribution < 1.29 is 4.39 Å². The quantitative estimate of drug-likeness (QED) is 0.316.